The number of benzene rings is 1. The lowest BCUT2D eigenvalue weighted by Gasteiger charge is -2.35. The Morgan fingerprint density at radius 2 is 2.17 bits per heavy atom. The number of rotatable bonds is 3. The molecule has 1 atom stereocenters. The van der Waals surface area contributed by atoms with Crippen molar-refractivity contribution in [3.63, 3.8) is 0 Å². The number of piperazine rings is 1. The summed E-state index contributed by atoms with van der Waals surface area (Å²) < 4.78 is 12.8. The van der Waals surface area contributed by atoms with Gasteiger partial charge in [-0.3, -0.25) is 4.79 Å². The zero-order valence-corrected chi connectivity index (χ0v) is 10.7. The Kier molecular flexibility index (Phi) is 4.31. The smallest absolute Gasteiger partial charge is 0.219 e. The SMILES string of the molecule is CC(=O)N1CCNCC1CCc1ccc(F)cc1. The molecule has 0 bridgehead atoms. The van der Waals surface area contributed by atoms with Crippen molar-refractivity contribution in [3.8, 4) is 0 Å². The van der Waals surface area contributed by atoms with E-state index in [0.29, 0.717) is 0 Å². The highest BCUT2D eigenvalue weighted by Gasteiger charge is 2.23. The first-order chi connectivity index (χ1) is 8.66. The van der Waals surface area contributed by atoms with Crippen LogP contribution in [0, 0.1) is 5.82 Å². The maximum Gasteiger partial charge on any atom is 0.219 e. The molecule has 4 heteroatoms. The molecule has 1 aliphatic heterocycles. The minimum absolute atomic E-state index is 0.139. The summed E-state index contributed by atoms with van der Waals surface area (Å²) in [5.41, 5.74) is 1.12. The van der Waals surface area contributed by atoms with E-state index in [-0.39, 0.29) is 17.8 Å². The van der Waals surface area contributed by atoms with Gasteiger partial charge in [-0.15, -0.1) is 0 Å². The van der Waals surface area contributed by atoms with Gasteiger partial charge < -0.3 is 10.2 Å². The summed E-state index contributed by atoms with van der Waals surface area (Å²) in [6.07, 6.45) is 1.79. The molecule has 1 aromatic carbocycles. The van der Waals surface area contributed by atoms with Crippen LogP contribution in [0.5, 0.6) is 0 Å². The average molecular weight is 250 g/mol. The summed E-state index contributed by atoms with van der Waals surface area (Å²) in [5, 5.41) is 3.31. The zero-order chi connectivity index (χ0) is 13.0. The van der Waals surface area contributed by atoms with E-state index in [1.54, 1.807) is 6.92 Å². The van der Waals surface area contributed by atoms with Crippen LogP contribution >= 0.6 is 0 Å². The first kappa shape index (κ1) is 13.0. The van der Waals surface area contributed by atoms with Gasteiger partial charge in [-0.1, -0.05) is 12.1 Å². The van der Waals surface area contributed by atoms with Crippen LogP contribution in [0.25, 0.3) is 0 Å². The van der Waals surface area contributed by atoms with Crippen molar-refractivity contribution in [1.29, 1.82) is 0 Å². The van der Waals surface area contributed by atoms with E-state index in [2.05, 4.69) is 5.32 Å². The van der Waals surface area contributed by atoms with Gasteiger partial charge in [-0.2, -0.15) is 0 Å². The van der Waals surface area contributed by atoms with Crippen LogP contribution in [-0.2, 0) is 11.2 Å². The highest BCUT2D eigenvalue weighted by atomic mass is 19.1. The Bertz CT molecular complexity index is 405. The Balaban J connectivity index is 1.91. The lowest BCUT2D eigenvalue weighted by molar-refractivity contribution is -0.132. The first-order valence-corrected chi connectivity index (χ1v) is 6.39. The van der Waals surface area contributed by atoms with Gasteiger partial charge in [0.1, 0.15) is 5.82 Å². The number of amides is 1. The fourth-order valence-corrected chi connectivity index (χ4v) is 2.42. The van der Waals surface area contributed by atoms with Gasteiger partial charge in [0.05, 0.1) is 0 Å². The van der Waals surface area contributed by atoms with Gasteiger partial charge in [-0.05, 0) is 30.5 Å². The Hall–Kier alpha value is -1.42. The monoisotopic (exact) mass is 250 g/mol. The second kappa shape index (κ2) is 5.96. The molecule has 18 heavy (non-hydrogen) atoms. The number of hydrogen-bond donors (Lipinski definition) is 1. The molecule has 0 aliphatic carbocycles. The Morgan fingerprint density at radius 3 is 2.83 bits per heavy atom. The third-order valence-corrected chi connectivity index (χ3v) is 3.43. The lowest BCUT2D eigenvalue weighted by Crippen LogP contribution is -2.53. The number of carbonyl (C=O) groups is 1. The van der Waals surface area contributed by atoms with E-state index in [1.807, 2.05) is 17.0 Å². The van der Waals surface area contributed by atoms with Crippen LogP contribution in [0.3, 0.4) is 0 Å². The van der Waals surface area contributed by atoms with E-state index in [1.165, 1.54) is 12.1 Å². The standard InChI is InChI=1S/C14H19FN2O/c1-11(18)17-9-8-16-10-14(17)7-4-12-2-5-13(15)6-3-12/h2-3,5-6,14,16H,4,7-10H2,1H3. The predicted molar refractivity (Wildman–Crippen MR) is 68.8 cm³/mol. The van der Waals surface area contributed by atoms with Crippen molar-refractivity contribution in [1.82, 2.24) is 10.2 Å². The highest BCUT2D eigenvalue weighted by Crippen LogP contribution is 2.12. The molecule has 0 aromatic heterocycles. The molecule has 1 aliphatic rings. The fraction of sp³-hybridized carbons (Fsp3) is 0.500. The normalized spacial score (nSPS) is 19.9. The average Bonchev–Trinajstić information content (AvgIpc) is 2.38. The van der Waals surface area contributed by atoms with Crippen molar-refractivity contribution in [2.24, 2.45) is 0 Å². The number of nitrogens with one attached hydrogen (secondary N) is 1. The molecule has 1 amide bonds. The van der Waals surface area contributed by atoms with Crippen LogP contribution in [0.15, 0.2) is 24.3 Å². The molecule has 0 radical (unpaired) electrons. The van der Waals surface area contributed by atoms with Crippen molar-refractivity contribution in [3.05, 3.63) is 35.6 Å². The van der Waals surface area contributed by atoms with Crippen LogP contribution < -0.4 is 5.32 Å². The molecule has 1 N–H and O–H groups in total. The summed E-state index contributed by atoms with van der Waals surface area (Å²) in [6, 6.07) is 6.84. The highest BCUT2D eigenvalue weighted by molar-refractivity contribution is 5.73. The summed E-state index contributed by atoms with van der Waals surface area (Å²) in [5.74, 6) is -0.0657. The van der Waals surface area contributed by atoms with Gasteiger partial charge in [0, 0.05) is 32.6 Å². The van der Waals surface area contributed by atoms with Gasteiger partial charge >= 0.3 is 0 Å². The quantitative estimate of drug-likeness (QED) is 0.883. The van der Waals surface area contributed by atoms with Crippen LogP contribution in [0.1, 0.15) is 18.9 Å². The molecule has 3 nitrogen and oxygen atoms in total. The van der Waals surface area contributed by atoms with E-state index in [9.17, 15) is 9.18 Å². The van der Waals surface area contributed by atoms with Crippen LogP contribution in [0.4, 0.5) is 4.39 Å². The van der Waals surface area contributed by atoms with E-state index >= 15 is 0 Å². The number of nitrogens with zero attached hydrogens (tertiary/aromatic N) is 1. The van der Waals surface area contributed by atoms with Gasteiger partial charge in [0.2, 0.25) is 5.91 Å². The summed E-state index contributed by atoms with van der Waals surface area (Å²) in [7, 11) is 0. The number of aryl methyl sites for hydroxylation is 1. The third kappa shape index (κ3) is 3.29. The van der Waals surface area contributed by atoms with E-state index < -0.39 is 0 Å². The number of hydrogen-bond acceptors (Lipinski definition) is 2. The molecule has 1 heterocycles. The molecular weight excluding hydrogens is 231 g/mol. The van der Waals surface area contributed by atoms with Crippen molar-refractivity contribution in [2.45, 2.75) is 25.8 Å². The zero-order valence-electron chi connectivity index (χ0n) is 10.7. The van der Waals surface area contributed by atoms with Gasteiger partial charge in [-0.25, -0.2) is 4.39 Å². The maximum atomic E-state index is 12.8. The second-order valence-electron chi connectivity index (χ2n) is 4.74. The molecule has 0 spiro atoms. The molecule has 1 unspecified atom stereocenters. The maximum absolute atomic E-state index is 12.8. The molecule has 1 saturated heterocycles. The van der Waals surface area contributed by atoms with Crippen LogP contribution in [0.2, 0.25) is 0 Å². The summed E-state index contributed by atoms with van der Waals surface area (Å²) in [4.78, 5) is 13.4. The Morgan fingerprint density at radius 1 is 1.44 bits per heavy atom. The van der Waals surface area contributed by atoms with Gasteiger partial charge in [0.15, 0.2) is 0 Å². The van der Waals surface area contributed by atoms with Crippen molar-refractivity contribution < 1.29 is 9.18 Å². The molecule has 1 aromatic rings. The molecule has 1 fully saturated rings. The summed E-state index contributed by atoms with van der Waals surface area (Å²) in [6.45, 7) is 4.12. The predicted octanol–water partition coefficient (Wildman–Crippen LogP) is 1.58. The fourth-order valence-electron chi connectivity index (χ4n) is 2.42. The summed E-state index contributed by atoms with van der Waals surface area (Å²) >= 11 is 0. The molecule has 2 rings (SSSR count). The molecule has 98 valence electrons. The molecular formula is C14H19FN2O. The topological polar surface area (TPSA) is 32.3 Å². The lowest BCUT2D eigenvalue weighted by atomic mass is 10.0. The molecule has 0 saturated carbocycles. The van der Waals surface area contributed by atoms with Crippen molar-refractivity contribution in [2.75, 3.05) is 19.6 Å². The number of halogens is 1. The largest absolute Gasteiger partial charge is 0.337 e. The number of carbonyl (C=O) groups excluding carboxylic acids is 1. The van der Waals surface area contributed by atoms with E-state index in [4.69, 9.17) is 0 Å². The third-order valence-electron chi connectivity index (χ3n) is 3.43. The van der Waals surface area contributed by atoms with Crippen LogP contribution in [-0.4, -0.2) is 36.5 Å². The minimum Gasteiger partial charge on any atom is -0.337 e. The second-order valence-corrected chi connectivity index (χ2v) is 4.74. The van der Waals surface area contributed by atoms with E-state index in [0.717, 1.165) is 38.0 Å². The Labute approximate surface area is 107 Å². The van der Waals surface area contributed by atoms with Crippen molar-refractivity contribution >= 4 is 5.91 Å². The minimum atomic E-state index is -0.205. The first-order valence-electron chi connectivity index (χ1n) is 6.39. The van der Waals surface area contributed by atoms with Gasteiger partial charge in [0.25, 0.3) is 0 Å².